The van der Waals surface area contributed by atoms with Gasteiger partial charge in [0.05, 0.1) is 40.9 Å². The number of hydrogen-bond donors (Lipinski definition) is 1. The molecule has 1 fully saturated rings. The van der Waals surface area contributed by atoms with Crippen molar-refractivity contribution in [1.82, 2.24) is 25.0 Å². The van der Waals surface area contributed by atoms with Gasteiger partial charge in [-0.25, -0.2) is 9.67 Å². The van der Waals surface area contributed by atoms with Crippen molar-refractivity contribution in [3.05, 3.63) is 96.5 Å². The van der Waals surface area contributed by atoms with Crippen LogP contribution < -0.4 is 5.32 Å². The van der Waals surface area contributed by atoms with Crippen LogP contribution in [-0.2, 0) is 6.54 Å². The summed E-state index contributed by atoms with van der Waals surface area (Å²) < 4.78 is 12.3. The number of nitrogens with one attached hydrogen (secondary N) is 1. The molecule has 4 aromatic heterocycles. The van der Waals surface area contributed by atoms with Gasteiger partial charge >= 0.3 is 0 Å². The normalized spacial score (nSPS) is 14.2. The molecule has 1 aromatic carbocycles. The van der Waals surface area contributed by atoms with Crippen LogP contribution >= 0.6 is 0 Å². The van der Waals surface area contributed by atoms with E-state index in [9.17, 15) is 9.59 Å². The lowest BCUT2D eigenvalue weighted by molar-refractivity contribution is 0.0697. The summed E-state index contributed by atoms with van der Waals surface area (Å²) in [4.78, 5) is 32.8. The van der Waals surface area contributed by atoms with Crippen LogP contribution in [0.3, 0.4) is 0 Å². The Labute approximate surface area is 212 Å². The molecule has 37 heavy (non-hydrogen) atoms. The Hall–Kier alpha value is -4.66. The molecule has 0 saturated carbocycles. The minimum absolute atomic E-state index is 0.0394. The van der Waals surface area contributed by atoms with Crippen LogP contribution in [0.15, 0.2) is 88.4 Å². The Morgan fingerprint density at radius 3 is 2.59 bits per heavy atom. The number of piperidine rings is 1. The number of pyridine rings is 1. The van der Waals surface area contributed by atoms with E-state index in [0.29, 0.717) is 60.3 Å². The van der Waals surface area contributed by atoms with Crippen molar-refractivity contribution in [3.8, 4) is 11.3 Å². The van der Waals surface area contributed by atoms with Crippen molar-refractivity contribution in [1.29, 1.82) is 0 Å². The maximum atomic E-state index is 13.6. The first-order valence-electron chi connectivity index (χ1n) is 12.2. The van der Waals surface area contributed by atoms with Crippen molar-refractivity contribution in [3.63, 3.8) is 0 Å². The number of carbonyl (C=O) groups is 2. The van der Waals surface area contributed by atoms with Gasteiger partial charge in [0, 0.05) is 24.7 Å². The Bertz CT molecular complexity index is 1520. The van der Waals surface area contributed by atoms with Gasteiger partial charge in [-0.05, 0) is 37.1 Å². The highest BCUT2D eigenvalue weighted by molar-refractivity contribution is 6.06. The van der Waals surface area contributed by atoms with Gasteiger partial charge in [0.2, 0.25) is 0 Å². The third-order valence-electron chi connectivity index (χ3n) is 6.69. The summed E-state index contributed by atoms with van der Waals surface area (Å²) in [7, 11) is 0. The molecule has 0 spiro atoms. The highest BCUT2D eigenvalue weighted by Crippen LogP contribution is 2.26. The molecule has 5 heterocycles. The van der Waals surface area contributed by atoms with E-state index in [0.717, 1.165) is 11.3 Å². The number of amides is 2. The summed E-state index contributed by atoms with van der Waals surface area (Å²) in [5.41, 5.74) is 3.28. The predicted molar refractivity (Wildman–Crippen MR) is 136 cm³/mol. The summed E-state index contributed by atoms with van der Waals surface area (Å²) in [5, 5.41) is 8.36. The molecule has 9 nitrogen and oxygen atoms in total. The van der Waals surface area contributed by atoms with Crippen molar-refractivity contribution in [2.75, 3.05) is 13.1 Å². The van der Waals surface area contributed by atoms with E-state index < -0.39 is 0 Å². The minimum atomic E-state index is -0.179. The zero-order valence-corrected chi connectivity index (χ0v) is 20.0. The van der Waals surface area contributed by atoms with E-state index in [4.69, 9.17) is 13.8 Å². The Kier molecular flexibility index (Phi) is 6.02. The number of rotatable bonds is 6. The Balaban J connectivity index is 1.25. The second kappa shape index (κ2) is 9.77. The monoisotopic (exact) mass is 495 g/mol. The van der Waals surface area contributed by atoms with Crippen LogP contribution in [0.2, 0.25) is 0 Å². The number of aromatic nitrogens is 3. The number of carbonyl (C=O) groups excluding carboxylic acids is 2. The van der Waals surface area contributed by atoms with E-state index in [2.05, 4.69) is 10.4 Å². The molecular weight excluding hydrogens is 470 g/mol. The quantitative estimate of drug-likeness (QED) is 0.375. The zero-order chi connectivity index (χ0) is 25.2. The number of fused-ring (bicyclic) bond motifs is 1. The van der Waals surface area contributed by atoms with Crippen molar-refractivity contribution in [2.24, 2.45) is 0 Å². The lowest BCUT2D eigenvalue weighted by atomic mass is 10.0. The maximum Gasteiger partial charge on any atom is 0.257 e. The van der Waals surface area contributed by atoms with E-state index >= 15 is 0 Å². The SMILES string of the molecule is O=C(NC1CCN(C(=O)c2ccoc2)CC1)c1cc(-c2ccccc2)nc2c1cnn2Cc1ccco1. The van der Waals surface area contributed by atoms with Crippen LogP contribution in [0.1, 0.15) is 39.3 Å². The number of likely N-dealkylation sites (tertiary alicyclic amines) is 1. The van der Waals surface area contributed by atoms with Crippen LogP contribution in [-0.4, -0.2) is 50.6 Å². The molecular formula is C28H25N5O4. The fourth-order valence-corrected chi connectivity index (χ4v) is 4.72. The first kappa shape index (κ1) is 22.8. The van der Waals surface area contributed by atoms with Crippen LogP contribution in [0.25, 0.3) is 22.3 Å². The van der Waals surface area contributed by atoms with E-state index in [1.54, 1.807) is 28.1 Å². The van der Waals surface area contributed by atoms with E-state index in [1.807, 2.05) is 48.5 Å². The number of benzene rings is 1. The highest BCUT2D eigenvalue weighted by atomic mass is 16.3. The molecule has 5 aromatic rings. The smallest absolute Gasteiger partial charge is 0.257 e. The zero-order valence-electron chi connectivity index (χ0n) is 20.0. The minimum Gasteiger partial charge on any atom is -0.472 e. The molecule has 9 heteroatoms. The highest BCUT2D eigenvalue weighted by Gasteiger charge is 2.26. The Morgan fingerprint density at radius 2 is 1.86 bits per heavy atom. The van der Waals surface area contributed by atoms with Crippen molar-refractivity contribution in [2.45, 2.75) is 25.4 Å². The van der Waals surface area contributed by atoms with Gasteiger partial charge in [-0.2, -0.15) is 5.10 Å². The fourth-order valence-electron chi connectivity index (χ4n) is 4.72. The molecule has 1 aliphatic heterocycles. The molecule has 0 aliphatic carbocycles. The molecule has 1 N–H and O–H groups in total. The molecule has 1 aliphatic rings. The number of hydrogen-bond acceptors (Lipinski definition) is 6. The molecule has 2 amide bonds. The van der Waals surface area contributed by atoms with Crippen molar-refractivity contribution >= 4 is 22.8 Å². The molecule has 1 saturated heterocycles. The summed E-state index contributed by atoms with van der Waals surface area (Å²) in [6, 6.07) is 16.9. The number of nitrogens with zero attached hydrogens (tertiary/aromatic N) is 4. The van der Waals surface area contributed by atoms with Crippen molar-refractivity contribution < 1.29 is 18.4 Å². The van der Waals surface area contributed by atoms with Gasteiger partial charge in [0.1, 0.15) is 18.6 Å². The summed E-state index contributed by atoms with van der Waals surface area (Å²) in [6.45, 7) is 1.54. The van der Waals surface area contributed by atoms with Gasteiger partial charge in [-0.1, -0.05) is 30.3 Å². The van der Waals surface area contributed by atoms with Crippen LogP contribution in [0.4, 0.5) is 0 Å². The first-order chi connectivity index (χ1) is 18.2. The standard InChI is InChI=1S/C28H25N5O4/c34-27(30-21-8-11-32(12-9-21)28(35)20-10-14-36-18-20)23-15-25(19-5-2-1-3-6-19)31-26-24(23)16-29-33(26)17-22-7-4-13-37-22/h1-7,10,13-16,18,21H,8-9,11-12,17H2,(H,30,34). The Morgan fingerprint density at radius 1 is 1.03 bits per heavy atom. The summed E-state index contributed by atoms with van der Waals surface area (Å²) in [6.07, 6.45) is 7.61. The first-order valence-corrected chi connectivity index (χ1v) is 12.2. The van der Waals surface area contributed by atoms with E-state index in [1.165, 1.54) is 12.5 Å². The number of furan rings is 2. The van der Waals surface area contributed by atoms with Crippen LogP contribution in [0.5, 0.6) is 0 Å². The molecule has 0 unspecified atom stereocenters. The van der Waals surface area contributed by atoms with Gasteiger partial charge in [0.25, 0.3) is 11.8 Å². The van der Waals surface area contributed by atoms with Gasteiger partial charge in [-0.3, -0.25) is 9.59 Å². The molecule has 6 rings (SSSR count). The molecule has 0 bridgehead atoms. The summed E-state index contributed by atoms with van der Waals surface area (Å²) in [5.74, 6) is 0.521. The summed E-state index contributed by atoms with van der Waals surface area (Å²) >= 11 is 0. The second-order valence-electron chi connectivity index (χ2n) is 9.09. The topological polar surface area (TPSA) is 106 Å². The average Bonchev–Trinajstić information content (AvgIpc) is 3.72. The van der Waals surface area contributed by atoms with Gasteiger partial charge < -0.3 is 19.1 Å². The predicted octanol–water partition coefficient (Wildman–Crippen LogP) is 4.37. The third-order valence-corrected chi connectivity index (χ3v) is 6.69. The molecule has 186 valence electrons. The second-order valence-corrected chi connectivity index (χ2v) is 9.09. The molecule has 0 radical (unpaired) electrons. The van der Waals surface area contributed by atoms with Gasteiger partial charge in [-0.15, -0.1) is 0 Å². The van der Waals surface area contributed by atoms with E-state index in [-0.39, 0.29) is 17.9 Å². The van der Waals surface area contributed by atoms with Crippen LogP contribution in [0, 0.1) is 0 Å². The van der Waals surface area contributed by atoms with Gasteiger partial charge in [0.15, 0.2) is 5.65 Å². The average molecular weight is 496 g/mol. The lowest BCUT2D eigenvalue weighted by Crippen LogP contribution is -2.46. The lowest BCUT2D eigenvalue weighted by Gasteiger charge is -2.32. The largest absolute Gasteiger partial charge is 0.472 e. The fraction of sp³-hybridized carbons (Fsp3) is 0.214. The molecule has 0 atom stereocenters. The maximum absolute atomic E-state index is 13.6. The third kappa shape index (κ3) is 4.63.